The van der Waals surface area contributed by atoms with Crippen LogP contribution < -0.4 is 21.0 Å². The number of rotatable bonds is 4. The number of H-pyrrole nitrogens is 1. The molecule has 0 aliphatic carbocycles. The highest BCUT2D eigenvalue weighted by Gasteiger charge is 2.06. The number of hydrogen-bond acceptors (Lipinski definition) is 2. The van der Waals surface area contributed by atoms with Crippen LogP contribution in [0.1, 0.15) is 23.6 Å². The van der Waals surface area contributed by atoms with E-state index < -0.39 is 0 Å². The first-order valence-electron chi connectivity index (χ1n) is 8.81. The molecule has 0 unspecified atom stereocenters. The lowest BCUT2D eigenvalue weighted by Crippen LogP contribution is -2.34. The zero-order chi connectivity index (χ0) is 18.8. The maximum Gasteiger partial charge on any atom is 0.279 e. The first kappa shape index (κ1) is 17.8. The molecule has 0 spiro atoms. The van der Waals surface area contributed by atoms with Crippen LogP contribution in [0.5, 0.6) is 0 Å². The molecule has 26 heavy (non-hydrogen) atoms. The minimum Gasteiger partial charge on any atom is -0.375 e. The van der Waals surface area contributed by atoms with Gasteiger partial charge in [0.2, 0.25) is 0 Å². The molecule has 0 radical (unpaired) electrons. The Labute approximate surface area is 153 Å². The average molecular weight is 347 g/mol. The number of aryl methyl sites for hydroxylation is 2. The van der Waals surface area contributed by atoms with Gasteiger partial charge < -0.3 is 4.90 Å². The van der Waals surface area contributed by atoms with E-state index in [1.54, 1.807) is 4.68 Å². The molecule has 1 N–H and O–H groups in total. The zero-order valence-corrected chi connectivity index (χ0v) is 15.8. The predicted molar refractivity (Wildman–Crippen MR) is 110 cm³/mol. The van der Waals surface area contributed by atoms with Crippen molar-refractivity contribution in [2.45, 2.75) is 20.8 Å². The lowest BCUT2D eigenvalue weighted by molar-refractivity contribution is 0.837. The molecular weight excluding hydrogens is 322 g/mol. The van der Waals surface area contributed by atoms with Crippen LogP contribution in [0.4, 0.5) is 5.69 Å². The number of aromatic nitrogens is 2. The van der Waals surface area contributed by atoms with Crippen LogP contribution in [0.2, 0.25) is 0 Å². The van der Waals surface area contributed by atoms with Gasteiger partial charge in [-0.3, -0.25) is 9.89 Å². The SMILES string of the molecule is C=c1[nH]n(-c2ccc(C)c(C)c2)c(=O)/c1=C\c1ccc(N(C)CC)cc1. The summed E-state index contributed by atoms with van der Waals surface area (Å²) in [5.41, 5.74) is 5.21. The second-order valence-corrected chi connectivity index (χ2v) is 6.66. The quantitative estimate of drug-likeness (QED) is 0.788. The van der Waals surface area contributed by atoms with E-state index >= 15 is 0 Å². The Bertz CT molecular complexity index is 1090. The smallest absolute Gasteiger partial charge is 0.279 e. The molecule has 4 nitrogen and oxygen atoms in total. The van der Waals surface area contributed by atoms with Crippen LogP contribution in [0.25, 0.3) is 18.3 Å². The summed E-state index contributed by atoms with van der Waals surface area (Å²) in [6, 6.07) is 14.1. The number of nitrogens with one attached hydrogen (secondary N) is 1. The van der Waals surface area contributed by atoms with Crippen molar-refractivity contribution < 1.29 is 0 Å². The predicted octanol–water partition coefficient (Wildman–Crippen LogP) is 2.48. The number of anilines is 1. The molecule has 2 aromatic carbocycles. The van der Waals surface area contributed by atoms with Crippen molar-refractivity contribution >= 4 is 18.3 Å². The van der Waals surface area contributed by atoms with Gasteiger partial charge in [-0.1, -0.05) is 24.8 Å². The molecule has 0 atom stereocenters. The van der Waals surface area contributed by atoms with Gasteiger partial charge in [0.25, 0.3) is 5.56 Å². The van der Waals surface area contributed by atoms with Crippen LogP contribution in [0.3, 0.4) is 0 Å². The zero-order valence-electron chi connectivity index (χ0n) is 15.8. The molecule has 3 aromatic rings. The van der Waals surface area contributed by atoms with Gasteiger partial charge in [-0.15, -0.1) is 0 Å². The summed E-state index contributed by atoms with van der Waals surface area (Å²) in [6.45, 7) is 11.2. The van der Waals surface area contributed by atoms with Crippen molar-refractivity contribution in [3.63, 3.8) is 0 Å². The molecule has 0 saturated carbocycles. The van der Waals surface area contributed by atoms with Crippen LogP contribution in [-0.2, 0) is 0 Å². The Morgan fingerprint density at radius 2 is 1.81 bits per heavy atom. The van der Waals surface area contributed by atoms with E-state index in [9.17, 15) is 4.79 Å². The fourth-order valence-electron chi connectivity index (χ4n) is 2.87. The van der Waals surface area contributed by atoms with Gasteiger partial charge in [-0.25, -0.2) is 4.68 Å². The summed E-state index contributed by atoms with van der Waals surface area (Å²) < 4.78 is 1.56. The van der Waals surface area contributed by atoms with Crippen LogP contribution in [0.15, 0.2) is 47.3 Å². The highest BCUT2D eigenvalue weighted by Crippen LogP contribution is 2.14. The lowest BCUT2D eigenvalue weighted by atomic mass is 10.1. The van der Waals surface area contributed by atoms with Crippen molar-refractivity contribution in [2.75, 3.05) is 18.5 Å². The molecule has 1 aromatic heterocycles. The van der Waals surface area contributed by atoms with E-state index in [-0.39, 0.29) is 5.56 Å². The molecule has 0 saturated heterocycles. The second kappa shape index (κ2) is 7.08. The lowest BCUT2D eigenvalue weighted by Gasteiger charge is -2.16. The molecule has 0 bridgehead atoms. The molecule has 4 heteroatoms. The highest BCUT2D eigenvalue weighted by molar-refractivity contribution is 5.55. The van der Waals surface area contributed by atoms with Crippen molar-refractivity contribution in [3.05, 3.63) is 80.1 Å². The van der Waals surface area contributed by atoms with E-state index in [1.165, 1.54) is 5.56 Å². The Hall–Kier alpha value is -3.01. The van der Waals surface area contributed by atoms with Gasteiger partial charge in [0, 0.05) is 19.3 Å². The van der Waals surface area contributed by atoms with Gasteiger partial charge in [-0.05, 0) is 67.8 Å². The third-order valence-corrected chi connectivity index (χ3v) is 4.87. The van der Waals surface area contributed by atoms with E-state index in [0.29, 0.717) is 10.6 Å². The fraction of sp³-hybridized carbons (Fsp3) is 0.227. The van der Waals surface area contributed by atoms with E-state index in [4.69, 9.17) is 0 Å². The Morgan fingerprint density at radius 3 is 2.42 bits per heavy atom. The van der Waals surface area contributed by atoms with E-state index in [2.05, 4.69) is 49.6 Å². The number of aromatic amines is 1. The molecule has 0 aliphatic heterocycles. The van der Waals surface area contributed by atoms with Crippen LogP contribution in [0, 0.1) is 13.8 Å². The first-order chi connectivity index (χ1) is 12.4. The fourth-order valence-corrected chi connectivity index (χ4v) is 2.87. The summed E-state index contributed by atoms with van der Waals surface area (Å²) in [5, 5.41) is 4.29. The number of benzene rings is 2. The van der Waals surface area contributed by atoms with Crippen LogP contribution in [-0.4, -0.2) is 23.4 Å². The van der Waals surface area contributed by atoms with Gasteiger partial charge in [0.15, 0.2) is 0 Å². The average Bonchev–Trinajstić information content (AvgIpc) is 2.92. The van der Waals surface area contributed by atoms with E-state index in [1.807, 2.05) is 43.3 Å². The Kier molecular flexibility index (Phi) is 4.85. The first-order valence-corrected chi connectivity index (χ1v) is 8.81. The van der Waals surface area contributed by atoms with Gasteiger partial charge in [0.05, 0.1) is 16.3 Å². The Balaban J connectivity index is 2.05. The molecule has 134 valence electrons. The number of hydrogen-bond donors (Lipinski definition) is 1. The van der Waals surface area contributed by atoms with Gasteiger partial charge in [-0.2, -0.15) is 0 Å². The topological polar surface area (TPSA) is 41.0 Å². The van der Waals surface area contributed by atoms with Gasteiger partial charge >= 0.3 is 0 Å². The minimum atomic E-state index is -0.0898. The summed E-state index contributed by atoms with van der Waals surface area (Å²) in [4.78, 5) is 15.0. The van der Waals surface area contributed by atoms with Crippen molar-refractivity contribution in [2.24, 2.45) is 0 Å². The Morgan fingerprint density at radius 1 is 1.12 bits per heavy atom. The summed E-state index contributed by atoms with van der Waals surface area (Å²) >= 11 is 0. The van der Waals surface area contributed by atoms with E-state index in [0.717, 1.165) is 29.0 Å². The van der Waals surface area contributed by atoms with Crippen molar-refractivity contribution in [1.29, 1.82) is 0 Å². The molecule has 0 fully saturated rings. The minimum absolute atomic E-state index is 0.0898. The molecule has 0 amide bonds. The summed E-state index contributed by atoms with van der Waals surface area (Å²) in [6.07, 6.45) is 1.88. The molecule has 1 heterocycles. The molecular formula is C22H25N3O. The third kappa shape index (κ3) is 3.36. The monoisotopic (exact) mass is 347 g/mol. The normalized spacial score (nSPS) is 11.8. The third-order valence-electron chi connectivity index (χ3n) is 4.87. The maximum absolute atomic E-state index is 12.9. The maximum atomic E-state index is 12.9. The number of nitrogens with zero attached hydrogens (tertiary/aromatic N) is 2. The van der Waals surface area contributed by atoms with Gasteiger partial charge in [0.1, 0.15) is 0 Å². The van der Waals surface area contributed by atoms with Crippen LogP contribution >= 0.6 is 0 Å². The largest absolute Gasteiger partial charge is 0.375 e. The second-order valence-electron chi connectivity index (χ2n) is 6.66. The summed E-state index contributed by atoms with van der Waals surface area (Å²) in [7, 11) is 2.06. The molecule has 0 aliphatic rings. The van der Waals surface area contributed by atoms with Crippen molar-refractivity contribution in [1.82, 2.24) is 9.78 Å². The van der Waals surface area contributed by atoms with Crippen molar-refractivity contribution in [3.8, 4) is 5.69 Å². The summed E-state index contributed by atoms with van der Waals surface area (Å²) in [5.74, 6) is 0. The highest BCUT2D eigenvalue weighted by atomic mass is 16.1. The molecule has 3 rings (SSSR count). The standard InChI is InChI=1S/C22H25N3O/c1-6-24(5)19-11-8-18(9-12-19)14-21-17(4)23-25(22(21)26)20-10-7-15(2)16(3)13-20/h7-14,23H,4,6H2,1-3,5H3/b21-14-.